The van der Waals surface area contributed by atoms with Gasteiger partial charge in [0.25, 0.3) is 5.91 Å². The average molecular weight is 293 g/mol. The Labute approximate surface area is 124 Å². The van der Waals surface area contributed by atoms with Gasteiger partial charge in [0.2, 0.25) is 0 Å². The van der Waals surface area contributed by atoms with Gasteiger partial charge < -0.3 is 14.8 Å². The van der Waals surface area contributed by atoms with E-state index in [1.807, 2.05) is 13.8 Å². The fourth-order valence-electron chi connectivity index (χ4n) is 2.70. The summed E-state index contributed by atoms with van der Waals surface area (Å²) >= 11 is 0. The van der Waals surface area contributed by atoms with Crippen LogP contribution in [0.2, 0.25) is 0 Å². The molecule has 0 bridgehead atoms. The molecule has 1 amide bonds. The third-order valence-corrected chi connectivity index (χ3v) is 3.83. The normalized spacial score (nSPS) is 17.5. The van der Waals surface area contributed by atoms with E-state index in [1.54, 1.807) is 20.8 Å². The number of carbonyl (C=O) groups excluding carboxylic acids is 2. The van der Waals surface area contributed by atoms with E-state index in [9.17, 15) is 14.7 Å². The standard InChI is InChI=1S/C16H23NO4/c1-9-12-10(19)6-15(2,3)7-11(12)21-13(9)14(20)17-16(4,5)8-18/h18H,6-8H2,1-5H3,(H,17,20). The topological polar surface area (TPSA) is 79.5 Å². The molecule has 1 heterocycles. The summed E-state index contributed by atoms with van der Waals surface area (Å²) in [5.74, 6) is 0.405. The van der Waals surface area contributed by atoms with Crippen molar-refractivity contribution in [3.05, 3.63) is 22.6 Å². The van der Waals surface area contributed by atoms with Gasteiger partial charge in [-0.25, -0.2) is 0 Å². The number of aliphatic hydroxyl groups is 1. The molecule has 0 saturated carbocycles. The van der Waals surface area contributed by atoms with Gasteiger partial charge >= 0.3 is 0 Å². The van der Waals surface area contributed by atoms with Gasteiger partial charge in [-0.3, -0.25) is 9.59 Å². The summed E-state index contributed by atoms with van der Waals surface area (Å²) in [4.78, 5) is 24.6. The monoisotopic (exact) mass is 293 g/mol. The number of Topliss-reactive ketones (excluding diaryl/α,β-unsaturated/α-hetero) is 1. The van der Waals surface area contributed by atoms with E-state index in [-0.39, 0.29) is 23.6 Å². The zero-order valence-corrected chi connectivity index (χ0v) is 13.3. The second-order valence-electron chi connectivity index (χ2n) is 7.29. The Morgan fingerprint density at radius 2 is 2.00 bits per heavy atom. The van der Waals surface area contributed by atoms with Gasteiger partial charge in [-0.2, -0.15) is 0 Å². The summed E-state index contributed by atoms with van der Waals surface area (Å²) in [6, 6.07) is 0. The smallest absolute Gasteiger partial charge is 0.287 e. The Bertz CT molecular complexity index is 596. The highest BCUT2D eigenvalue weighted by Gasteiger charge is 2.37. The minimum Gasteiger partial charge on any atom is -0.455 e. The zero-order chi connectivity index (χ0) is 16.0. The lowest BCUT2D eigenvalue weighted by atomic mass is 9.76. The van der Waals surface area contributed by atoms with Gasteiger partial charge in [-0.05, 0) is 26.2 Å². The lowest BCUT2D eigenvalue weighted by Crippen LogP contribution is -2.46. The van der Waals surface area contributed by atoms with Crippen molar-refractivity contribution in [2.24, 2.45) is 5.41 Å². The average Bonchev–Trinajstić information content (AvgIpc) is 2.64. The van der Waals surface area contributed by atoms with Crippen LogP contribution in [-0.4, -0.2) is 28.9 Å². The first-order valence-corrected chi connectivity index (χ1v) is 7.15. The van der Waals surface area contributed by atoms with Crippen LogP contribution >= 0.6 is 0 Å². The Balaban J connectivity index is 2.37. The lowest BCUT2D eigenvalue weighted by Gasteiger charge is -2.27. The first-order chi connectivity index (χ1) is 9.56. The molecule has 0 radical (unpaired) electrons. The molecular weight excluding hydrogens is 270 g/mol. The molecule has 116 valence electrons. The second-order valence-corrected chi connectivity index (χ2v) is 7.29. The maximum atomic E-state index is 12.3. The van der Waals surface area contributed by atoms with Crippen LogP contribution in [0, 0.1) is 12.3 Å². The lowest BCUT2D eigenvalue weighted by molar-refractivity contribution is 0.0831. The van der Waals surface area contributed by atoms with Crippen LogP contribution in [0.3, 0.4) is 0 Å². The summed E-state index contributed by atoms with van der Waals surface area (Å²) in [7, 11) is 0. The summed E-state index contributed by atoms with van der Waals surface area (Å²) in [6.45, 7) is 9.03. The maximum absolute atomic E-state index is 12.3. The highest BCUT2D eigenvalue weighted by atomic mass is 16.4. The van der Waals surface area contributed by atoms with Crippen molar-refractivity contribution in [3.8, 4) is 0 Å². The molecule has 1 aromatic rings. The molecule has 21 heavy (non-hydrogen) atoms. The van der Waals surface area contributed by atoms with E-state index < -0.39 is 11.4 Å². The Kier molecular flexibility index (Phi) is 3.74. The maximum Gasteiger partial charge on any atom is 0.287 e. The van der Waals surface area contributed by atoms with Crippen LogP contribution in [0.4, 0.5) is 0 Å². The van der Waals surface area contributed by atoms with E-state index >= 15 is 0 Å². The number of fused-ring (bicyclic) bond motifs is 1. The summed E-state index contributed by atoms with van der Waals surface area (Å²) in [5.41, 5.74) is 0.269. The van der Waals surface area contributed by atoms with Crippen LogP contribution in [-0.2, 0) is 6.42 Å². The van der Waals surface area contributed by atoms with Crippen molar-refractivity contribution in [1.29, 1.82) is 0 Å². The number of carbonyl (C=O) groups is 2. The largest absolute Gasteiger partial charge is 0.455 e. The van der Waals surface area contributed by atoms with E-state index in [2.05, 4.69) is 5.32 Å². The van der Waals surface area contributed by atoms with Crippen molar-refractivity contribution in [1.82, 2.24) is 5.32 Å². The highest BCUT2D eigenvalue weighted by Crippen LogP contribution is 2.38. The van der Waals surface area contributed by atoms with Gasteiger partial charge in [0.1, 0.15) is 5.76 Å². The zero-order valence-electron chi connectivity index (χ0n) is 13.3. The minimum atomic E-state index is -0.736. The van der Waals surface area contributed by atoms with Crippen LogP contribution in [0.1, 0.15) is 66.4 Å². The van der Waals surface area contributed by atoms with Crippen LogP contribution in [0.15, 0.2) is 4.42 Å². The van der Waals surface area contributed by atoms with Gasteiger partial charge in [-0.15, -0.1) is 0 Å². The van der Waals surface area contributed by atoms with Crippen molar-refractivity contribution < 1.29 is 19.1 Å². The molecular formula is C16H23NO4. The fourth-order valence-corrected chi connectivity index (χ4v) is 2.70. The molecule has 0 spiro atoms. The Morgan fingerprint density at radius 1 is 1.38 bits per heavy atom. The summed E-state index contributed by atoms with van der Waals surface area (Å²) < 4.78 is 5.68. The van der Waals surface area contributed by atoms with Crippen molar-refractivity contribution in [2.75, 3.05) is 6.61 Å². The molecule has 5 heteroatoms. The second kappa shape index (κ2) is 4.98. The minimum absolute atomic E-state index is 0.0305. The first kappa shape index (κ1) is 15.8. The first-order valence-electron chi connectivity index (χ1n) is 7.15. The molecule has 2 N–H and O–H groups in total. The Morgan fingerprint density at radius 3 is 2.57 bits per heavy atom. The molecule has 1 aromatic heterocycles. The van der Waals surface area contributed by atoms with E-state index in [4.69, 9.17) is 4.42 Å². The van der Waals surface area contributed by atoms with Crippen LogP contribution in [0.25, 0.3) is 0 Å². The van der Waals surface area contributed by atoms with Gasteiger partial charge in [-0.1, -0.05) is 13.8 Å². The fraction of sp³-hybridized carbons (Fsp3) is 0.625. The number of ketones is 1. The molecule has 1 aliphatic carbocycles. The molecule has 0 aliphatic heterocycles. The third kappa shape index (κ3) is 3.02. The SMILES string of the molecule is Cc1c(C(=O)NC(C)(C)CO)oc2c1C(=O)CC(C)(C)C2. The Hall–Kier alpha value is -1.62. The molecule has 0 fully saturated rings. The predicted octanol–water partition coefficient (Wildman–Crippen LogP) is 2.24. The number of aliphatic hydroxyl groups excluding tert-OH is 1. The van der Waals surface area contributed by atoms with Gasteiger partial charge in [0.05, 0.1) is 17.7 Å². The van der Waals surface area contributed by atoms with Crippen molar-refractivity contribution in [2.45, 2.75) is 53.0 Å². The van der Waals surface area contributed by atoms with Gasteiger partial charge in [0.15, 0.2) is 11.5 Å². The molecule has 2 rings (SSSR count). The van der Waals surface area contributed by atoms with E-state index in [0.29, 0.717) is 29.7 Å². The third-order valence-electron chi connectivity index (χ3n) is 3.83. The summed E-state index contributed by atoms with van der Waals surface area (Å²) in [6.07, 6.45) is 1.11. The molecule has 5 nitrogen and oxygen atoms in total. The van der Waals surface area contributed by atoms with E-state index in [0.717, 1.165) is 0 Å². The number of furan rings is 1. The molecule has 0 atom stereocenters. The highest BCUT2D eigenvalue weighted by molar-refractivity contribution is 6.03. The molecule has 1 aliphatic rings. The number of hydrogen-bond donors (Lipinski definition) is 2. The van der Waals surface area contributed by atoms with Crippen LogP contribution in [0.5, 0.6) is 0 Å². The number of nitrogens with one attached hydrogen (secondary N) is 1. The summed E-state index contributed by atoms with van der Waals surface area (Å²) in [5, 5.41) is 11.9. The number of rotatable bonds is 3. The van der Waals surface area contributed by atoms with E-state index in [1.165, 1.54) is 0 Å². The quantitative estimate of drug-likeness (QED) is 0.895. The molecule has 0 saturated heterocycles. The van der Waals surface area contributed by atoms with Gasteiger partial charge in [0, 0.05) is 18.4 Å². The van der Waals surface area contributed by atoms with Crippen molar-refractivity contribution in [3.63, 3.8) is 0 Å². The number of hydrogen-bond acceptors (Lipinski definition) is 4. The predicted molar refractivity (Wildman–Crippen MR) is 78.5 cm³/mol. The van der Waals surface area contributed by atoms with Crippen LogP contribution < -0.4 is 5.32 Å². The molecule has 0 unspecified atom stereocenters. The number of amides is 1. The van der Waals surface area contributed by atoms with Crippen molar-refractivity contribution >= 4 is 11.7 Å². The molecule has 0 aromatic carbocycles.